The second-order valence-corrected chi connectivity index (χ2v) is 3.80. The Morgan fingerprint density at radius 3 is 2.38 bits per heavy atom. The van der Waals surface area contributed by atoms with E-state index in [2.05, 4.69) is 4.74 Å². The van der Waals surface area contributed by atoms with E-state index in [1.807, 2.05) is 0 Å². The van der Waals surface area contributed by atoms with Crippen molar-refractivity contribution < 1.29 is 18.3 Å². The molecule has 0 aromatic heterocycles. The molecule has 0 amide bonds. The van der Waals surface area contributed by atoms with Gasteiger partial charge in [0, 0.05) is 5.92 Å². The van der Waals surface area contributed by atoms with Gasteiger partial charge >= 0.3 is 5.97 Å². The Bertz CT molecular complexity index is 254. The van der Waals surface area contributed by atoms with Crippen LogP contribution in [0.15, 0.2) is 12.2 Å². The van der Waals surface area contributed by atoms with Crippen LogP contribution < -0.4 is 0 Å². The highest BCUT2D eigenvalue weighted by atomic mass is 19.3. The molecule has 0 aromatic carbocycles. The van der Waals surface area contributed by atoms with Gasteiger partial charge in [-0.05, 0) is 11.5 Å². The lowest BCUT2D eigenvalue weighted by molar-refractivity contribution is -0.143. The summed E-state index contributed by atoms with van der Waals surface area (Å²) in [6.45, 7) is 3.55. The lowest BCUT2D eigenvalue weighted by atomic mass is 10.1. The van der Waals surface area contributed by atoms with Crippen molar-refractivity contribution in [2.45, 2.75) is 13.8 Å². The average molecular weight is 190 g/mol. The molecular formula is C9H12F2O2. The first-order valence-corrected chi connectivity index (χ1v) is 4.02. The fourth-order valence-corrected chi connectivity index (χ4v) is 1.70. The predicted octanol–water partition coefficient (Wildman–Crippen LogP) is 2.21. The van der Waals surface area contributed by atoms with Crippen molar-refractivity contribution in [2.24, 2.45) is 17.3 Å². The third-order valence-electron chi connectivity index (χ3n) is 2.67. The highest BCUT2D eigenvalue weighted by Gasteiger charge is 2.61. The first-order valence-electron chi connectivity index (χ1n) is 4.02. The molecule has 2 nitrogen and oxygen atoms in total. The topological polar surface area (TPSA) is 26.3 Å². The van der Waals surface area contributed by atoms with Gasteiger partial charge in [-0.15, -0.1) is 0 Å². The molecule has 0 saturated heterocycles. The lowest BCUT2D eigenvalue weighted by Crippen LogP contribution is -2.07. The van der Waals surface area contributed by atoms with Crippen LogP contribution in [-0.4, -0.2) is 13.1 Å². The normalized spacial score (nSPS) is 29.3. The number of carbonyl (C=O) groups excluding carboxylic acids is 1. The molecule has 2 unspecified atom stereocenters. The van der Waals surface area contributed by atoms with Crippen molar-refractivity contribution in [1.82, 2.24) is 0 Å². The molecule has 0 radical (unpaired) electrons. The Hall–Kier alpha value is -0.930. The minimum Gasteiger partial charge on any atom is -0.469 e. The number of methoxy groups -OCH3 is 1. The maximum absolute atomic E-state index is 11.9. The monoisotopic (exact) mass is 190 g/mol. The number of allylic oxidation sites excluding steroid dienone is 1. The quantitative estimate of drug-likeness (QED) is 0.624. The maximum Gasteiger partial charge on any atom is 0.309 e. The Morgan fingerprint density at radius 1 is 1.46 bits per heavy atom. The maximum atomic E-state index is 11.9. The van der Waals surface area contributed by atoms with Crippen LogP contribution in [0.5, 0.6) is 0 Å². The third-order valence-corrected chi connectivity index (χ3v) is 2.67. The number of hydrogen-bond donors (Lipinski definition) is 0. The molecule has 1 fully saturated rings. The molecule has 74 valence electrons. The SMILES string of the molecule is COC(=O)C1C(C=C(F)F)C1(C)C. The Kier molecular flexibility index (Phi) is 2.41. The van der Waals surface area contributed by atoms with Gasteiger partial charge in [-0.25, -0.2) is 0 Å². The van der Waals surface area contributed by atoms with Gasteiger partial charge in [-0.2, -0.15) is 8.78 Å². The van der Waals surface area contributed by atoms with Gasteiger partial charge in [0.2, 0.25) is 0 Å². The van der Waals surface area contributed by atoms with E-state index in [1.165, 1.54) is 7.11 Å². The zero-order valence-corrected chi connectivity index (χ0v) is 7.80. The Labute approximate surface area is 75.6 Å². The first-order chi connectivity index (χ1) is 5.91. The fourth-order valence-electron chi connectivity index (χ4n) is 1.70. The van der Waals surface area contributed by atoms with Crippen molar-refractivity contribution >= 4 is 5.97 Å². The number of halogens is 2. The molecule has 0 bridgehead atoms. The van der Waals surface area contributed by atoms with E-state index >= 15 is 0 Å². The van der Waals surface area contributed by atoms with Gasteiger partial charge in [-0.1, -0.05) is 13.8 Å². The summed E-state index contributed by atoms with van der Waals surface area (Å²) in [6.07, 6.45) is -0.897. The van der Waals surface area contributed by atoms with E-state index in [-0.39, 0.29) is 5.92 Å². The fraction of sp³-hybridized carbons (Fsp3) is 0.667. The highest BCUT2D eigenvalue weighted by Crippen LogP contribution is 2.59. The summed E-state index contributed by atoms with van der Waals surface area (Å²) >= 11 is 0. The van der Waals surface area contributed by atoms with Crippen molar-refractivity contribution in [3.8, 4) is 0 Å². The van der Waals surface area contributed by atoms with Crippen LogP contribution in [0, 0.1) is 17.3 Å². The highest BCUT2D eigenvalue weighted by molar-refractivity contribution is 5.78. The summed E-state index contributed by atoms with van der Waals surface area (Å²) in [5.41, 5.74) is -0.392. The third kappa shape index (κ3) is 1.71. The van der Waals surface area contributed by atoms with Crippen LogP contribution in [0.3, 0.4) is 0 Å². The Morgan fingerprint density at radius 2 is 2.00 bits per heavy atom. The standard InChI is InChI=1S/C9H12F2O2/c1-9(2)5(4-6(10)11)7(9)8(12)13-3/h4-5,7H,1-3H3. The number of rotatable bonds is 2. The van der Waals surface area contributed by atoms with E-state index in [1.54, 1.807) is 13.8 Å². The summed E-state index contributed by atoms with van der Waals surface area (Å²) < 4.78 is 28.3. The summed E-state index contributed by atoms with van der Waals surface area (Å²) in [5.74, 6) is -1.21. The smallest absolute Gasteiger partial charge is 0.309 e. The van der Waals surface area contributed by atoms with Crippen molar-refractivity contribution in [3.63, 3.8) is 0 Å². The summed E-state index contributed by atoms with van der Waals surface area (Å²) in [5, 5.41) is 0. The van der Waals surface area contributed by atoms with Gasteiger partial charge in [0.1, 0.15) is 0 Å². The summed E-state index contributed by atoms with van der Waals surface area (Å²) in [6, 6.07) is 0. The van der Waals surface area contributed by atoms with Crippen LogP contribution in [0.2, 0.25) is 0 Å². The summed E-state index contributed by atoms with van der Waals surface area (Å²) in [7, 11) is 1.27. The molecule has 4 heteroatoms. The van der Waals surface area contributed by atoms with E-state index in [0.29, 0.717) is 0 Å². The van der Waals surface area contributed by atoms with Crippen LogP contribution in [0.4, 0.5) is 8.78 Å². The van der Waals surface area contributed by atoms with Crippen LogP contribution in [0.25, 0.3) is 0 Å². The number of hydrogen-bond acceptors (Lipinski definition) is 2. The van der Waals surface area contributed by atoms with Gasteiger partial charge in [0.25, 0.3) is 6.08 Å². The largest absolute Gasteiger partial charge is 0.469 e. The molecule has 1 aliphatic rings. The first kappa shape index (κ1) is 10.2. The van der Waals surface area contributed by atoms with Crippen molar-refractivity contribution in [2.75, 3.05) is 7.11 Å². The van der Waals surface area contributed by atoms with Gasteiger partial charge in [0.05, 0.1) is 13.0 Å². The molecule has 2 atom stereocenters. The second kappa shape index (κ2) is 3.09. The number of carbonyl (C=O) groups is 1. The van der Waals surface area contributed by atoms with Crippen LogP contribution >= 0.6 is 0 Å². The van der Waals surface area contributed by atoms with E-state index in [0.717, 1.165) is 6.08 Å². The van der Waals surface area contributed by atoms with Crippen molar-refractivity contribution in [3.05, 3.63) is 12.2 Å². The minimum absolute atomic E-state index is 0.384. The van der Waals surface area contributed by atoms with E-state index < -0.39 is 23.4 Å². The average Bonchev–Trinajstić information content (AvgIpc) is 2.51. The number of esters is 1. The minimum atomic E-state index is -1.73. The second-order valence-electron chi connectivity index (χ2n) is 3.80. The molecular weight excluding hydrogens is 178 g/mol. The molecule has 0 aliphatic heterocycles. The van der Waals surface area contributed by atoms with E-state index in [9.17, 15) is 13.6 Å². The molecule has 0 N–H and O–H groups in total. The van der Waals surface area contributed by atoms with Gasteiger partial charge in [-0.3, -0.25) is 4.79 Å². The molecule has 1 saturated carbocycles. The molecule has 13 heavy (non-hydrogen) atoms. The van der Waals surface area contributed by atoms with Gasteiger partial charge < -0.3 is 4.74 Å². The van der Waals surface area contributed by atoms with Crippen LogP contribution in [-0.2, 0) is 9.53 Å². The molecule has 0 spiro atoms. The summed E-state index contributed by atoms with van der Waals surface area (Å²) in [4.78, 5) is 11.1. The predicted molar refractivity (Wildman–Crippen MR) is 43.1 cm³/mol. The lowest BCUT2D eigenvalue weighted by Gasteiger charge is -1.98. The van der Waals surface area contributed by atoms with Crippen LogP contribution in [0.1, 0.15) is 13.8 Å². The zero-order chi connectivity index (χ0) is 10.2. The molecule has 1 aliphatic carbocycles. The van der Waals surface area contributed by atoms with Gasteiger partial charge in [0.15, 0.2) is 0 Å². The zero-order valence-electron chi connectivity index (χ0n) is 7.80. The van der Waals surface area contributed by atoms with Crippen molar-refractivity contribution in [1.29, 1.82) is 0 Å². The molecule has 0 aromatic rings. The Balaban J connectivity index is 2.72. The molecule has 1 rings (SSSR count). The van der Waals surface area contributed by atoms with E-state index in [4.69, 9.17) is 0 Å². The number of ether oxygens (including phenoxy) is 1. The molecule has 0 heterocycles.